The molecule has 1 amide bonds. The lowest BCUT2D eigenvalue weighted by molar-refractivity contribution is -0.145. The summed E-state index contributed by atoms with van der Waals surface area (Å²) in [7, 11) is 1.29. The van der Waals surface area contributed by atoms with E-state index in [1.54, 1.807) is 0 Å². The van der Waals surface area contributed by atoms with Crippen molar-refractivity contribution in [1.82, 2.24) is 4.90 Å². The highest BCUT2D eigenvalue weighted by molar-refractivity contribution is 7.14. The van der Waals surface area contributed by atoms with Gasteiger partial charge in [-0.1, -0.05) is 0 Å². The molecule has 6 heteroatoms. The maximum atomic E-state index is 12.4. The second-order valence-electron chi connectivity index (χ2n) is 4.74. The molecule has 1 aromatic heterocycles. The summed E-state index contributed by atoms with van der Waals surface area (Å²) in [5.74, 6) is -0.692. The van der Waals surface area contributed by atoms with Crippen LogP contribution in [-0.4, -0.2) is 47.7 Å². The first-order chi connectivity index (χ1) is 8.93. The van der Waals surface area contributed by atoms with E-state index in [1.807, 2.05) is 19.9 Å². The summed E-state index contributed by atoms with van der Waals surface area (Å²) < 4.78 is 4.69. The monoisotopic (exact) mass is 283 g/mol. The van der Waals surface area contributed by atoms with Gasteiger partial charge in [0.15, 0.2) is 0 Å². The van der Waals surface area contributed by atoms with E-state index in [2.05, 4.69) is 4.74 Å². The Balaban J connectivity index is 2.24. The van der Waals surface area contributed by atoms with Gasteiger partial charge in [0, 0.05) is 17.8 Å². The number of rotatable bonds is 2. The number of hydrogen-bond donors (Lipinski definition) is 1. The van der Waals surface area contributed by atoms with Crippen LogP contribution in [-0.2, 0) is 9.53 Å². The smallest absolute Gasteiger partial charge is 0.328 e. The van der Waals surface area contributed by atoms with Crippen molar-refractivity contribution in [2.24, 2.45) is 0 Å². The number of β-amino-alcohol motifs (C(OH)–C–C–N with tert-alkyl or cyclic N) is 1. The van der Waals surface area contributed by atoms with Gasteiger partial charge in [0.05, 0.1) is 18.1 Å². The quantitative estimate of drug-likeness (QED) is 0.826. The number of aliphatic hydroxyl groups excluding tert-OH is 1. The molecular formula is C13H17NO4S. The van der Waals surface area contributed by atoms with Crippen LogP contribution in [0, 0.1) is 13.8 Å². The number of nitrogens with zero attached hydrogens (tertiary/aromatic N) is 1. The number of aliphatic hydroxyl groups is 1. The van der Waals surface area contributed by atoms with Gasteiger partial charge in [0.2, 0.25) is 0 Å². The van der Waals surface area contributed by atoms with Crippen molar-refractivity contribution in [3.63, 3.8) is 0 Å². The maximum Gasteiger partial charge on any atom is 0.328 e. The van der Waals surface area contributed by atoms with E-state index in [-0.39, 0.29) is 18.9 Å². The van der Waals surface area contributed by atoms with Gasteiger partial charge >= 0.3 is 5.97 Å². The molecule has 104 valence electrons. The lowest BCUT2D eigenvalue weighted by atomic mass is 10.2. The van der Waals surface area contributed by atoms with E-state index in [0.29, 0.717) is 4.88 Å². The van der Waals surface area contributed by atoms with Gasteiger partial charge in [-0.05, 0) is 25.5 Å². The molecule has 2 rings (SSSR count). The molecule has 0 bridgehead atoms. The molecule has 0 saturated carbocycles. The highest BCUT2D eigenvalue weighted by Gasteiger charge is 2.40. The maximum absolute atomic E-state index is 12.4. The average molecular weight is 283 g/mol. The molecule has 1 aliphatic heterocycles. The minimum atomic E-state index is -0.685. The molecule has 2 heterocycles. The van der Waals surface area contributed by atoms with Gasteiger partial charge < -0.3 is 14.7 Å². The second kappa shape index (κ2) is 5.30. The first-order valence-electron chi connectivity index (χ1n) is 6.08. The minimum Gasteiger partial charge on any atom is -0.467 e. The molecule has 1 N–H and O–H groups in total. The van der Waals surface area contributed by atoms with E-state index < -0.39 is 18.1 Å². The van der Waals surface area contributed by atoms with Crippen LogP contribution in [0.1, 0.15) is 26.5 Å². The van der Waals surface area contributed by atoms with Gasteiger partial charge in [-0.2, -0.15) is 0 Å². The Kier molecular flexibility index (Phi) is 3.91. The van der Waals surface area contributed by atoms with E-state index in [4.69, 9.17) is 0 Å². The summed E-state index contributed by atoms with van der Waals surface area (Å²) in [6.07, 6.45) is -0.433. The third-order valence-corrected chi connectivity index (χ3v) is 4.53. The van der Waals surface area contributed by atoms with E-state index in [0.717, 1.165) is 10.4 Å². The summed E-state index contributed by atoms with van der Waals surface area (Å²) in [5.41, 5.74) is 1.06. The van der Waals surface area contributed by atoms with Crippen LogP contribution in [0.5, 0.6) is 0 Å². The zero-order valence-corrected chi connectivity index (χ0v) is 12.0. The van der Waals surface area contributed by atoms with Crippen LogP contribution in [0.15, 0.2) is 6.07 Å². The lowest BCUT2D eigenvalue weighted by Crippen LogP contribution is -2.40. The molecule has 2 unspecified atom stereocenters. The fraction of sp³-hybridized carbons (Fsp3) is 0.538. The van der Waals surface area contributed by atoms with Gasteiger partial charge in [0.25, 0.3) is 5.91 Å². The summed E-state index contributed by atoms with van der Waals surface area (Å²) in [6, 6.07) is 1.14. The molecule has 19 heavy (non-hydrogen) atoms. The third-order valence-electron chi connectivity index (χ3n) is 3.39. The molecular weight excluding hydrogens is 266 g/mol. The number of amides is 1. The number of ether oxygens (including phenoxy) is 1. The highest BCUT2D eigenvalue weighted by atomic mass is 32.1. The molecule has 1 aliphatic rings. The largest absolute Gasteiger partial charge is 0.467 e. The Morgan fingerprint density at radius 1 is 1.47 bits per heavy atom. The number of esters is 1. The normalized spacial score (nSPS) is 22.6. The topological polar surface area (TPSA) is 66.8 Å². The van der Waals surface area contributed by atoms with Crippen molar-refractivity contribution >= 4 is 23.2 Å². The molecule has 2 atom stereocenters. The zero-order chi connectivity index (χ0) is 14.2. The second-order valence-corrected chi connectivity index (χ2v) is 5.99. The molecule has 0 aliphatic carbocycles. The number of thiophene rings is 1. The molecule has 1 saturated heterocycles. The molecule has 1 fully saturated rings. The van der Waals surface area contributed by atoms with Crippen molar-refractivity contribution in [2.75, 3.05) is 13.7 Å². The van der Waals surface area contributed by atoms with Gasteiger partial charge in [-0.15, -0.1) is 11.3 Å². The summed E-state index contributed by atoms with van der Waals surface area (Å²) in [6.45, 7) is 4.07. The van der Waals surface area contributed by atoms with Crippen molar-refractivity contribution in [1.29, 1.82) is 0 Å². The van der Waals surface area contributed by atoms with Crippen LogP contribution in [0.4, 0.5) is 0 Å². The van der Waals surface area contributed by atoms with Crippen molar-refractivity contribution in [3.8, 4) is 0 Å². The van der Waals surface area contributed by atoms with E-state index in [9.17, 15) is 14.7 Å². The Morgan fingerprint density at radius 3 is 2.68 bits per heavy atom. The lowest BCUT2D eigenvalue weighted by Gasteiger charge is -2.21. The Morgan fingerprint density at radius 2 is 2.16 bits per heavy atom. The highest BCUT2D eigenvalue weighted by Crippen LogP contribution is 2.26. The number of carbonyl (C=O) groups is 2. The Labute approximate surface area is 115 Å². The first kappa shape index (κ1) is 14.0. The number of carbonyl (C=O) groups excluding carboxylic acids is 2. The fourth-order valence-electron chi connectivity index (χ4n) is 2.22. The van der Waals surface area contributed by atoms with Crippen LogP contribution in [0.2, 0.25) is 0 Å². The van der Waals surface area contributed by atoms with E-state index >= 15 is 0 Å². The Bertz CT molecular complexity index is 491. The fourth-order valence-corrected chi connectivity index (χ4v) is 3.21. The first-order valence-corrected chi connectivity index (χ1v) is 6.89. The minimum absolute atomic E-state index is 0.175. The predicted molar refractivity (Wildman–Crippen MR) is 71.3 cm³/mol. The number of hydrogen-bond acceptors (Lipinski definition) is 5. The molecule has 0 radical (unpaired) electrons. The van der Waals surface area contributed by atoms with Crippen LogP contribution in [0.25, 0.3) is 0 Å². The molecule has 1 aromatic rings. The Hall–Kier alpha value is -1.40. The summed E-state index contributed by atoms with van der Waals surface area (Å²) in [4.78, 5) is 27.1. The summed E-state index contributed by atoms with van der Waals surface area (Å²) in [5, 5.41) is 9.67. The summed E-state index contributed by atoms with van der Waals surface area (Å²) >= 11 is 1.41. The molecule has 0 aromatic carbocycles. The predicted octanol–water partition coefficient (Wildman–Crippen LogP) is 1.11. The average Bonchev–Trinajstić information content (AvgIpc) is 2.92. The SMILES string of the molecule is COC(=O)C1CC(O)CN1C(=O)c1cc(C)c(C)s1. The third kappa shape index (κ3) is 2.64. The number of methoxy groups -OCH3 is 1. The van der Waals surface area contributed by atoms with Crippen LogP contribution < -0.4 is 0 Å². The standard InChI is InChI=1S/C13H17NO4S/c1-7-4-11(19-8(7)2)12(16)14-6-9(15)5-10(14)13(17)18-3/h4,9-10,15H,5-6H2,1-3H3. The van der Waals surface area contributed by atoms with Gasteiger partial charge in [-0.3, -0.25) is 4.79 Å². The number of likely N-dealkylation sites (tertiary alicyclic amines) is 1. The number of aryl methyl sites for hydroxylation is 2. The van der Waals surface area contributed by atoms with Crippen molar-refractivity contribution in [3.05, 3.63) is 21.4 Å². The van der Waals surface area contributed by atoms with Gasteiger partial charge in [0.1, 0.15) is 6.04 Å². The van der Waals surface area contributed by atoms with Crippen LogP contribution >= 0.6 is 11.3 Å². The zero-order valence-electron chi connectivity index (χ0n) is 11.2. The van der Waals surface area contributed by atoms with Crippen molar-refractivity contribution in [2.45, 2.75) is 32.4 Å². The van der Waals surface area contributed by atoms with Crippen LogP contribution in [0.3, 0.4) is 0 Å². The molecule has 0 spiro atoms. The van der Waals surface area contributed by atoms with E-state index in [1.165, 1.54) is 23.3 Å². The van der Waals surface area contributed by atoms with Gasteiger partial charge in [-0.25, -0.2) is 4.79 Å². The molecule has 5 nitrogen and oxygen atoms in total. The van der Waals surface area contributed by atoms with Crippen molar-refractivity contribution < 1.29 is 19.4 Å².